The van der Waals surface area contributed by atoms with E-state index in [0.29, 0.717) is 5.92 Å². The molecular formula is C12H26O2. The van der Waals surface area contributed by atoms with Crippen LogP contribution in [-0.4, -0.2) is 23.4 Å². The highest BCUT2D eigenvalue weighted by Gasteiger charge is 2.05. The smallest absolute Gasteiger partial charge is 0.0460 e. The second-order valence-corrected chi connectivity index (χ2v) is 4.12. The summed E-state index contributed by atoms with van der Waals surface area (Å²) < 4.78 is 0. The molecule has 0 aliphatic rings. The van der Waals surface area contributed by atoms with Crippen molar-refractivity contribution in [2.45, 2.75) is 58.3 Å². The molecule has 0 aliphatic heterocycles. The summed E-state index contributed by atoms with van der Waals surface area (Å²) >= 11 is 0. The molecule has 14 heavy (non-hydrogen) atoms. The largest absolute Gasteiger partial charge is 0.396 e. The van der Waals surface area contributed by atoms with Crippen LogP contribution in [0.25, 0.3) is 0 Å². The van der Waals surface area contributed by atoms with Crippen LogP contribution in [0.2, 0.25) is 0 Å². The minimum atomic E-state index is 0.209. The molecule has 0 radical (unpaired) electrons. The van der Waals surface area contributed by atoms with Crippen LogP contribution in [0.3, 0.4) is 0 Å². The number of rotatable bonds is 10. The quantitative estimate of drug-likeness (QED) is 0.535. The molecule has 0 saturated heterocycles. The van der Waals surface area contributed by atoms with Crippen molar-refractivity contribution in [3.8, 4) is 0 Å². The Balaban J connectivity index is 3.15. The van der Waals surface area contributed by atoms with Gasteiger partial charge in [-0.2, -0.15) is 0 Å². The average molecular weight is 202 g/mol. The summed E-state index contributed by atoms with van der Waals surface area (Å²) in [4.78, 5) is 0. The van der Waals surface area contributed by atoms with Crippen molar-refractivity contribution in [3.05, 3.63) is 0 Å². The van der Waals surface area contributed by atoms with Gasteiger partial charge in [0.15, 0.2) is 0 Å². The maximum atomic E-state index is 8.99. The van der Waals surface area contributed by atoms with E-state index < -0.39 is 0 Å². The third-order valence-electron chi connectivity index (χ3n) is 2.76. The van der Waals surface area contributed by atoms with Gasteiger partial charge in [-0.15, -0.1) is 0 Å². The summed E-state index contributed by atoms with van der Waals surface area (Å²) in [6, 6.07) is 0. The summed E-state index contributed by atoms with van der Waals surface area (Å²) in [7, 11) is 0. The van der Waals surface area contributed by atoms with E-state index in [4.69, 9.17) is 10.2 Å². The van der Waals surface area contributed by atoms with Crippen molar-refractivity contribution in [1.82, 2.24) is 0 Å². The monoisotopic (exact) mass is 202 g/mol. The molecule has 2 nitrogen and oxygen atoms in total. The van der Waals surface area contributed by atoms with Gasteiger partial charge in [0.1, 0.15) is 0 Å². The minimum Gasteiger partial charge on any atom is -0.396 e. The van der Waals surface area contributed by atoms with Crippen LogP contribution in [0.4, 0.5) is 0 Å². The topological polar surface area (TPSA) is 40.5 Å². The summed E-state index contributed by atoms with van der Waals surface area (Å²) in [6.45, 7) is 2.67. The van der Waals surface area contributed by atoms with Crippen molar-refractivity contribution in [1.29, 1.82) is 0 Å². The lowest BCUT2D eigenvalue weighted by Crippen LogP contribution is -2.07. The molecule has 0 spiro atoms. The molecule has 0 unspecified atom stereocenters. The Kier molecular flexibility index (Phi) is 10.9. The van der Waals surface area contributed by atoms with Gasteiger partial charge in [-0.3, -0.25) is 0 Å². The highest BCUT2D eigenvalue weighted by atomic mass is 16.3. The van der Waals surface area contributed by atoms with Crippen molar-refractivity contribution in [2.24, 2.45) is 5.92 Å². The van der Waals surface area contributed by atoms with Crippen LogP contribution in [0.5, 0.6) is 0 Å². The van der Waals surface area contributed by atoms with Crippen molar-refractivity contribution in [3.63, 3.8) is 0 Å². The van der Waals surface area contributed by atoms with Crippen LogP contribution in [0.1, 0.15) is 58.3 Å². The molecule has 0 aromatic heterocycles. The second kappa shape index (κ2) is 11.0. The predicted molar refractivity (Wildman–Crippen MR) is 60.3 cm³/mol. The van der Waals surface area contributed by atoms with E-state index in [-0.39, 0.29) is 13.2 Å². The van der Waals surface area contributed by atoms with E-state index >= 15 is 0 Å². The number of hydrogen-bond donors (Lipinski definition) is 2. The molecule has 86 valence electrons. The Bertz CT molecular complexity index is 104. The van der Waals surface area contributed by atoms with E-state index in [1.54, 1.807) is 0 Å². The molecular weight excluding hydrogens is 176 g/mol. The maximum Gasteiger partial charge on any atom is 0.0460 e. The molecule has 0 fully saturated rings. The van der Waals surface area contributed by atoms with Gasteiger partial charge in [0.2, 0.25) is 0 Å². The zero-order chi connectivity index (χ0) is 10.6. The predicted octanol–water partition coefficient (Wildman–Crippen LogP) is 2.73. The van der Waals surface area contributed by atoms with Crippen molar-refractivity contribution in [2.75, 3.05) is 13.2 Å². The molecule has 0 aromatic carbocycles. The molecule has 0 rings (SSSR count). The third kappa shape index (κ3) is 8.52. The molecule has 2 heteroatoms. The third-order valence-corrected chi connectivity index (χ3v) is 2.76. The lowest BCUT2D eigenvalue weighted by atomic mass is 9.98. The van der Waals surface area contributed by atoms with E-state index in [0.717, 1.165) is 12.8 Å². The Labute approximate surface area is 88.3 Å². The summed E-state index contributed by atoms with van der Waals surface area (Å²) in [5.74, 6) is 0.325. The van der Waals surface area contributed by atoms with E-state index in [9.17, 15) is 0 Å². The van der Waals surface area contributed by atoms with Crippen molar-refractivity contribution < 1.29 is 10.2 Å². The highest BCUT2D eigenvalue weighted by molar-refractivity contribution is 4.57. The first-order chi connectivity index (χ1) is 6.85. The summed E-state index contributed by atoms with van der Waals surface area (Å²) in [6.07, 6.45) is 9.63. The maximum absolute atomic E-state index is 8.99. The first kappa shape index (κ1) is 13.9. The van der Waals surface area contributed by atoms with Crippen LogP contribution in [-0.2, 0) is 0 Å². The van der Waals surface area contributed by atoms with Crippen LogP contribution < -0.4 is 0 Å². The molecule has 0 heterocycles. The summed E-state index contributed by atoms with van der Waals surface area (Å²) in [5, 5.41) is 17.7. The Hall–Kier alpha value is -0.0800. The second-order valence-electron chi connectivity index (χ2n) is 4.12. The fourth-order valence-electron chi connectivity index (χ4n) is 1.72. The summed E-state index contributed by atoms with van der Waals surface area (Å²) in [5.41, 5.74) is 0. The van der Waals surface area contributed by atoms with E-state index in [1.165, 1.54) is 38.5 Å². The number of aliphatic hydroxyl groups excluding tert-OH is 2. The Morgan fingerprint density at radius 3 is 2.07 bits per heavy atom. The highest BCUT2D eigenvalue weighted by Crippen LogP contribution is 2.14. The first-order valence-corrected chi connectivity index (χ1v) is 6.06. The van der Waals surface area contributed by atoms with Gasteiger partial charge in [0, 0.05) is 13.2 Å². The fraction of sp³-hybridized carbons (Fsp3) is 1.00. The molecule has 1 atom stereocenters. The van der Waals surface area contributed by atoms with Crippen molar-refractivity contribution >= 4 is 0 Å². The molecule has 0 aliphatic carbocycles. The molecule has 0 amide bonds. The van der Waals surface area contributed by atoms with E-state index in [2.05, 4.69) is 6.92 Å². The molecule has 0 saturated carbocycles. The lowest BCUT2D eigenvalue weighted by Gasteiger charge is -2.11. The normalized spacial score (nSPS) is 13.1. The molecule has 0 aromatic rings. The Morgan fingerprint density at radius 1 is 0.857 bits per heavy atom. The first-order valence-electron chi connectivity index (χ1n) is 6.06. The molecule has 0 bridgehead atoms. The fourth-order valence-corrected chi connectivity index (χ4v) is 1.72. The van der Waals surface area contributed by atoms with E-state index in [1.807, 2.05) is 0 Å². The van der Waals surface area contributed by atoms with Crippen LogP contribution in [0.15, 0.2) is 0 Å². The standard InChI is InChI=1S/C12H26O2/c1-2-3-4-5-6-7-8-12(11-14)9-10-13/h12-14H,2-11H2,1H3/t12-/m0/s1. The number of unbranched alkanes of at least 4 members (excludes halogenated alkanes) is 5. The number of hydrogen-bond acceptors (Lipinski definition) is 2. The minimum absolute atomic E-state index is 0.209. The lowest BCUT2D eigenvalue weighted by molar-refractivity contribution is 0.174. The van der Waals surface area contributed by atoms with Crippen LogP contribution >= 0.6 is 0 Å². The van der Waals surface area contributed by atoms with Gasteiger partial charge in [0.25, 0.3) is 0 Å². The SMILES string of the molecule is CCCCCCCC[C@H](CO)CCO. The van der Waals surface area contributed by atoms with Gasteiger partial charge in [-0.25, -0.2) is 0 Å². The van der Waals surface area contributed by atoms with Gasteiger partial charge in [-0.1, -0.05) is 45.4 Å². The van der Waals surface area contributed by atoms with Gasteiger partial charge in [-0.05, 0) is 18.8 Å². The van der Waals surface area contributed by atoms with Gasteiger partial charge >= 0.3 is 0 Å². The molecule has 2 N–H and O–H groups in total. The van der Waals surface area contributed by atoms with Gasteiger partial charge in [0.05, 0.1) is 0 Å². The average Bonchev–Trinajstić information content (AvgIpc) is 2.21. The Morgan fingerprint density at radius 2 is 1.50 bits per heavy atom. The van der Waals surface area contributed by atoms with Gasteiger partial charge < -0.3 is 10.2 Å². The van der Waals surface area contributed by atoms with Crippen LogP contribution in [0, 0.1) is 5.92 Å². The zero-order valence-corrected chi connectivity index (χ0v) is 9.54. The zero-order valence-electron chi connectivity index (χ0n) is 9.54. The number of aliphatic hydroxyl groups is 2.